The summed E-state index contributed by atoms with van der Waals surface area (Å²) in [7, 11) is 3.13. The van der Waals surface area contributed by atoms with Crippen LogP contribution >= 0.6 is 0 Å². The summed E-state index contributed by atoms with van der Waals surface area (Å²) in [5.74, 6) is 0.997. The third-order valence-corrected chi connectivity index (χ3v) is 3.87. The number of urea groups is 1. The molecule has 3 amide bonds. The highest BCUT2D eigenvalue weighted by Crippen LogP contribution is 2.28. The van der Waals surface area contributed by atoms with Crippen molar-refractivity contribution in [2.45, 2.75) is 13.0 Å². The van der Waals surface area contributed by atoms with Crippen LogP contribution in [0.5, 0.6) is 11.5 Å². The average molecular weight is 369 g/mol. The number of methoxy groups -OCH3 is 2. The van der Waals surface area contributed by atoms with E-state index in [-0.39, 0.29) is 11.9 Å². The van der Waals surface area contributed by atoms with Gasteiger partial charge in [0, 0.05) is 11.8 Å². The summed E-state index contributed by atoms with van der Waals surface area (Å²) >= 11 is 0. The normalized spacial score (nSPS) is 11.7. The van der Waals surface area contributed by atoms with Crippen LogP contribution in [0.1, 0.15) is 24.1 Å². The summed E-state index contributed by atoms with van der Waals surface area (Å²) in [6.07, 6.45) is 3.16. The molecule has 0 spiro atoms. The second-order valence-corrected chi connectivity index (χ2v) is 5.79. The zero-order chi connectivity index (χ0) is 19.8. The van der Waals surface area contributed by atoms with Crippen molar-refractivity contribution >= 4 is 23.7 Å². The predicted molar refractivity (Wildman–Crippen MR) is 105 cm³/mol. The van der Waals surface area contributed by atoms with Crippen molar-refractivity contribution < 1.29 is 19.1 Å². The summed E-state index contributed by atoms with van der Waals surface area (Å²) < 4.78 is 10.4. The van der Waals surface area contributed by atoms with Crippen LogP contribution in [0, 0.1) is 0 Å². The van der Waals surface area contributed by atoms with Crippen molar-refractivity contribution in [3.05, 3.63) is 59.7 Å². The molecule has 0 bridgehead atoms. The van der Waals surface area contributed by atoms with Gasteiger partial charge in [0.2, 0.25) is 5.91 Å². The standard InChI is InChI=1S/C20H23N3O4/c1-13(15-6-8-16(9-7-15)23-20(21)25)22-19(24)11-5-14-4-10-17(26-2)18(12-14)27-3/h4-13H,1-3H3,(H,22,24)(H3,21,23,25). The van der Waals surface area contributed by atoms with Crippen LogP contribution in [0.25, 0.3) is 6.08 Å². The zero-order valence-corrected chi connectivity index (χ0v) is 15.5. The minimum atomic E-state index is -0.621. The van der Waals surface area contributed by atoms with E-state index in [2.05, 4.69) is 10.6 Å². The van der Waals surface area contributed by atoms with Gasteiger partial charge in [0.15, 0.2) is 11.5 Å². The molecule has 0 heterocycles. The number of primary amides is 1. The fourth-order valence-electron chi connectivity index (χ4n) is 2.47. The van der Waals surface area contributed by atoms with Gasteiger partial charge >= 0.3 is 6.03 Å². The van der Waals surface area contributed by atoms with E-state index < -0.39 is 6.03 Å². The largest absolute Gasteiger partial charge is 0.493 e. The van der Waals surface area contributed by atoms with E-state index in [1.165, 1.54) is 6.08 Å². The molecular weight excluding hydrogens is 346 g/mol. The quantitative estimate of drug-likeness (QED) is 0.653. The Balaban J connectivity index is 1.98. The van der Waals surface area contributed by atoms with Crippen molar-refractivity contribution in [1.29, 1.82) is 0 Å². The first-order valence-corrected chi connectivity index (χ1v) is 8.30. The van der Waals surface area contributed by atoms with E-state index >= 15 is 0 Å². The van der Waals surface area contributed by atoms with E-state index in [1.807, 2.05) is 25.1 Å². The van der Waals surface area contributed by atoms with Crippen LogP contribution in [-0.2, 0) is 4.79 Å². The van der Waals surface area contributed by atoms with E-state index in [9.17, 15) is 9.59 Å². The SMILES string of the molecule is COc1ccc(C=CC(=O)NC(C)c2ccc(NC(N)=O)cc2)cc1OC. The fourth-order valence-corrected chi connectivity index (χ4v) is 2.47. The van der Waals surface area contributed by atoms with Crippen LogP contribution in [-0.4, -0.2) is 26.2 Å². The Morgan fingerprint density at radius 3 is 2.30 bits per heavy atom. The maximum absolute atomic E-state index is 12.2. The number of ether oxygens (including phenoxy) is 2. The molecule has 7 nitrogen and oxygen atoms in total. The molecule has 27 heavy (non-hydrogen) atoms. The number of carbonyl (C=O) groups is 2. The minimum Gasteiger partial charge on any atom is -0.493 e. The lowest BCUT2D eigenvalue weighted by Gasteiger charge is -2.13. The summed E-state index contributed by atoms with van der Waals surface area (Å²) in [5.41, 5.74) is 7.39. The number of benzene rings is 2. The molecule has 0 aliphatic carbocycles. The summed E-state index contributed by atoms with van der Waals surface area (Å²) in [4.78, 5) is 23.0. The van der Waals surface area contributed by atoms with Crippen LogP contribution in [0.4, 0.5) is 10.5 Å². The molecule has 1 atom stereocenters. The summed E-state index contributed by atoms with van der Waals surface area (Å²) in [6.45, 7) is 1.87. The smallest absolute Gasteiger partial charge is 0.316 e. The number of nitrogens with two attached hydrogens (primary N) is 1. The van der Waals surface area contributed by atoms with Gasteiger partial charge < -0.3 is 25.8 Å². The molecule has 2 aromatic carbocycles. The van der Waals surface area contributed by atoms with Crippen LogP contribution in [0.3, 0.4) is 0 Å². The van der Waals surface area contributed by atoms with Crippen molar-refractivity contribution in [2.24, 2.45) is 5.73 Å². The maximum Gasteiger partial charge on any atom is 0.316 e. The van der Waals surface area contributed by atoms with Gasteiger partial charge in [-0.25, -0.2) is 4.79 Å². The third-order valence-electron chi connectivity index (χ3n) is 3.87. The molecule has 0 saturated heterocycles. The number of anilines is 1. The first kappa shape index (κ1) is 19.8. The van der Waals surface area contributed by atoms with Crippen molar-refractivity contribution in [3.63, 3.8) is 0 Å². The first-order valence-electron chi connectivity index (χ1n) is 8.30. The molecule has 0 fully saturated rings. The van der Waals surface area contributed by atoms with E-state index in [4.69, 9.17) is 15.2 Å². The average Bonchev–Trinajstić information content (AvgIpc) is 2.66. The lowest BCUT2D eigenvalue weighted by molar-refractivity contribution is -0.117. The first-order chi connectivity index (χ1) is 12.9. The minimum absolute atomic E-state index is 0.199. The molecule has 2 rings (SSSR count). The Kier molecular flexibility index (Phi) is 6.82. The molecule has 0 radical (unpaired) electrons. The number of hydrogen-bond acceptors (Lipinski definition) is 4. The topological polar surface area (TPSA) is 103 Å². The molecule has 0 aliphatic heterocycles. The molecule has 1 unspecified atom stereocenters. The van der Waals surface area contributed by atoms with E-state index in [1.54, 1.807) is 44.6 Å². The van der Waals surface area contributed by atoms with Crippen LogP contribution in [0.2, 0.25) is 0 Å². The van der Waals surface area contributed by atoms with E-state index in [0.717, 1.165) is 11.1 Å². The van der Waals surface area contributed by atoms with Gasteiger partial charge in [0.1, 0.15) is 0 Å². The predicted octanol–water partition coefficient (Wildman–Crippen LogP) is 3.09. The Bertz CT molecular complexity index is 832. The van der Waals surface area contributed by atoms with Gasteiger partial charge in [0.25, 0.3) is 0 Å². The van der Waals surface area contributed by atoms with Gasteiger partial charge in [-0.2, -0.15) is 0 Å². The van der Waals surface area contributed by atoms with E-state index in [0.29, 0.717) is 17.2 Å². The fraction of sp³-hybridized carbons (Fsp3) is 0.200. The van der Waals surface area contributed by atoms with Crippen molar-refractivity contribution in [1.82, 2.24) is 5.32 Å². The number of hydrogen-bond donors (Lipinski definition) is 3. The summed E-state index contributed by atoms with van der Waals surface area (Å²) in [6, 6.07) is 11.7. The Morgan fingerprint density at radius 1 is 1.04 bits per heavy atom. The maximum atomic E-state index is 12.2. The summed E-state index contributed by atoms with van der Waals surface area (Å²) in [5, 5.41) is 5.37. The second kappa shape index (κ2) is 9.28. The number of amides is 3. The lowest BCUT2D eigenvalue weighted by Crippen LogP contribution is -2.24. The number of nitrogens with one attached hydrogen (secondary N) is 2. The van der Waals surface area contributed by atoms with Crippen LogP contribution in [0.15, 0.2) is 48.5 Å². The molecule has 0 aromatic heterocycles. The molecule has 0 saturated carbocycles. The molecular formula is C20H23N3O4. The molecule has 0 aliphatic rings. The molecule has 2 aromatic rings. The highest BCUT2D eigenvalue weighted by Gasteiger charge is 2.08. The highest BCUT2D eigenvalue weighted by atomic mass is 16.5. The second-order valence-electron chi connectivity index (χ2n) is 5.79. The number of rotatable bonds is 7. The zero-order valence-electron chi connectivity index (χ0n) is 15.5. The van der Waals surface area contributed by atoms with Crippen molar-refractivity contribution in [3.8, 4) is 11.5 Å². The molecule has 142 valence electrons. The Labute approximate surface area is 158 Å². The third kappa shape index (κ3) is 5.78. The number of carbonyl (C=O) groups excluding carboxylic acids is 2. The van der Waals surface area contributed by atoms with Gasteiger partial charge in [-0.3, -0.25) is 4.79 Å². The Morgan fingerprint density at radius 2 is 1.70 bits per heavy atom. The monoisotopic (exact) mass is 369 g/mol. The van der Waals surface area contributed by atoms with Gasteiger partial charge in [0.05, 0.1) is 20.3 Å². The van der Waals surface area contributed by atoms with Gasteiger partial charge in [-0.15, -0.1) is 0 Å². The lowest BCUT2D eigenvalue weighted by atomic mass is 10.1. The molecule has 7 heteroatoms. The van der Waals surface area contributed by atoms with Gasteiger partial charge in [-0.05, 0) is 48.4 Å². The van der Waals surface area contributed by atoms with Gasteiger partial charge in [-0.1, -0.05) is 18.2 Å². The highest BCUT2D eigenvalue weighted by molar-refractivity contribution is 5.92. The Hall–Kier alpha value is -3.48. The van der Waals surface area contributed by atoms with Crippen molar-refractivity contribution in [2.75, 3.05) is 19.5 Å². The molecule has 4 N–H and O–H groups in total. The van der Waals surface area contributed by atoms with Crippen LogP contribution < -0.4 is 25.8 Å².